The fourth-order valence-electron chi connectivity index (χ4n) is 2.67. The number of rotatable bonds is 4. The zero-order valence-electron chi connectivity index (χ0n) is 12.3. The largest absolute Gasteiger partial charge is 0.338 e. The minimum absolute atomic E-state index is 0. The highest BCUT2D eigenvalue weighted by Gasteiger charge is 2.26. The molecule has 122 valence electrons. The van der Waals surface area contributed by atoms with Crippen molar-refractivity contribution in [2.45, 2.75) is 12.8 Å². The number of nitrogens with one attached hydrogen (secondary N) is 1. The first-order valence-corrected chi connectivity index (χ1v) is 7.28. The van der Waals surface area contributed by atoms with Crippen LogP contribution in [0.3, 0.4) is 0 Å². The van der Waals surface area contributed by atoms with Gasteiger partial charge in [0, 0.05) is 25.2 Å². The first kappa shape index (κ1) is 18.7. The van der Waals surface area contributed by atoms with Crippen LogP contribution in [0.1, 0.15) is 23.2 Å². The number of nitro groups is 1. The maximum atomic E-state index is 12.5. The normalized spacial score (nSPS) is 17.7. The molecule has 0 bridgehead atoms. The molecule has 0 aliphatic carbocycles. The van der Waals surface area contributed by atoms with Crippen molar-refractivity contribution in [3.8, 4) is 0 Å². The van der Waals surface area contributed by atoms with Gasteiger partial charge in [0.25, 0.3) is 11.6 Å². The first-order chi connectivity index (χ1) is 10.0. The topological polar surface area (TPSA) is 75.5 Å². The predicted octanol–water partition coefficient (Wildman–Crippen LogP) is 2.74. The maximum absolute atomic E-state index is 12.5. The third kappa shape index (κ3) is 4.32. The van der Waals surface area contributed by atoms with Crippen LogP contribution < -0.4 is 5.32 Å². The molecule has 0 saturated carbocycles. The van der Waals surface area contributed by atoms with Gasteiger partial charge in [0.2, 0.25) is 0 Å². The molecule has 1 saturated heterocycles. The Morgan fingerprint density at radius 2 is 2.27 bits per heavy atom. The van der Waals surface area contributed by atoms with Crippen molar-refractivity contribution in [3.05, 3.63) is 38.9 Å². The first-order valence-electron chi connectivity index (χ1n) is 6.90. The van der Waals surface area contributed by atoms with Gasteiger partial charge in [0.1, 0.15) is 0 Å². The van der Waals surface area contributed by atoms with Gasteiger partial charge < -0.3 is 10.2 Å². The fraction of sp³-hybridized carbons (Fsp3) is 0.500. The quantitative estimate of drug-likeness (QED) is 0.671. The second-order valence-corrected chi connectivity index (χ2v) is 5.65. The lowest BCUT2D eigenvalue weighted by Gasteiger charge is -2.33. The molecule has 2 rings (SSSR count). The molecule has 1 aromatic carbocycles. The summed E-state index contributed by atoms with van der Waals surface area (Å²) in [5.74, 6) is 0.278. The summed E-state index contributed by atoms with van der Waals surface area (Å²) in [5.41, 5.74) is 0.218. The summed E-state index contributed by atoms with van der Waals surface area (Å²) in [7, 11) is 1.90. The van der Waals surface area contributed by atoms with Gasteiger partial charge in [-0.25, -0.2) is 0 Å². The van der Waals surface area contributed by atoms with E-state index in [9.17, 15) is 14.9 Å². The van der Waals surface area contributed by atoms with Crippen LogP contribution in [0.2, 0.25) is 5.02 Å². The number of carbonyl (C=O) groups is 1. The Hall–Kier alpha value is -1.37. The van der Waals surface area contributed by atoms with E-state index in [-0.39, 0.29) is 29.0 Å². The second-order valence-electron chi connectivity index (χ2n) is 5.24. The SMILES string of the molecule is CNCC1CCCN(C(=O)c2ccc([N+](=O)[O-])cc2Cl)C1.Cl. The number of hydrogen-bond acceptors (Lipinski definition) is 4. The van der Waals surface area contributed by atoms with Crippen LogP contribution in [-0.4, -0.2) is 42.4 Å². The average molecular weight is 348 g/mol. The van der Waals surface area contributed by atoms with Crippen molar-refractivity contribution in [1.82, 2.24) is 10.2 Å². The van der Waals surface area contributed by atoms with Crippen molar-refractivity contribution < 1.29 is 9.72 Å². The molecule has 1 heterocycles. The molecule has 6 nitrogen and oxygen atoms in total. The van der Waals surface area contributed by atoms with Crippen LogP contribution in [0.5, 0.6) is 0 Å². The molecular formula is C14H19Cl2N3O3. The Morgan fingerprint density at radius 3 is 2.86 bits per heavy atom. The molecule has 0 aromatic heterocycles. The number of nitro benzene ring substituents is 1. The third-order valence-corrected chi connectivity index (χ3v) is 4.01. The smallest absolute Gasteiger partial charge is 0.270 e. The van der Waals surface area contributed by atoms with E-state index in [0.717, 1.165) is 19.4 Å². The Bertz CT molecular complexity index is 552. The van der Waals surface area contributed by atoms with E-state index in [4.69, 9.17) is 11.6 Å². The Balaban J connectivity index is 0.00000242. The highest BCUT2D eigenvalue weighted by atomic mass is 35.5. The number of benzene rings is 1. The summed E-state index contributed by atoms with van der Waals surface area (Å²) in [5, 5.41) is 14.0. The summed E-state index contributed by atoms with van der Waals surface area (Å²) >= 11 is 6.02. The summed E-state index contributed by atoms with van der Waals surface area (Å²) in [6.45, 7) is 2.26. The van der Waals surface area contributed by atoms with Crippen LogP contribution in [0.4, 0.5) is 5.69 Å². The van der Waals surface area contributed by atoms with Gasteiger partial charge in [-0.3, -0.25) is 14.9 Å². The molecule has 0 radical (unpaired) electrons. The zero-order chi connectivity index (χ0) is 15.4. The van der Waals surface area contributed by atoms with Crippen LogP contribution >= 0.6 is 24.0 Å². The lowest BCUT2D eigenvalue weighted by Crippen LogP contribution is -2.42. The van der Waals surface area contributed by atoms with Gasteiger partial charge in [-0.1, -0.05) is 11.6 Å². The predicted molar refractivity (Wildman–Crippen MR) is 87.9 cm³/mol. The van der Waals surface area contributed by atoms with Gasteiger partial charge in [0.05, 0.1) is 15.5 Å². The summed E-state index contributed by atoms with van der Waals surface area (Å²) in [6, 6.07) is 3.97. The molecule has 0 spiro atoms. The fourth-order valence-corrected chi connectivity index (χ4v) is 2.92. The van der Waals surface area contributed by atoms with E-state index in [1.165, 1.54) is 18.2 Å². The van der Waals surface area contributed by atoms with Gasteiger partial charge in [-0.2, -0.15) is 0 Å². The highest BCUT2D eigenvalue weighted by Crippen LogP contribution is 2.25. The van der Waals surface area contributed by atoms with Gasteiger partial charge in [-0.05, 0) is 38.4 Å². The number of halogens is 2. The van der Waals surface area contributed by atoms with E-state index in [2.05, 4.69) is 5.32 Å². The lowest BCUT2D eigenvalue weighted by molar-refractivity contribution is -0.384. The van der Waals surface area contributed by atoms with Crippen LogP contribution in [0.15, 0.2) is 18.2 Å². The van der Waals surface area contributed by atoms with Crippen molar-refractivity contribution in [1.29, 1.82) is 0 Å². The third-order valence-electron chi connectivity index (χ3n) is 3.69. The zero-order valence-corrected chi connectivity index (χ0v) is 13.8. The molecule has 1 unspecified atom stereocenters. The van der Waals surface area contributed by atoms with E-state index in [1.54, 1.807) is 4.90 Å². The molecule has 1 N–H and O–H groups in total. The minimum atomic E-state index is -0.524. The molecule has 1 aromatic rings. The Labute approximate surface area is 140 Å². The highest BCUT2D eigenvalue weighted by molar-refractivity contribution is 6.34. The van der Waals surface area contributed by atoms with Crippen molar-refractivity contribution >= 4 is 35.6 Å². The van der Waals surface area contributed by atoms with Crippen molar-refractivity contribution in [2.75, 3.05) is 26.7 Å². The number of nitrogens with zero attached hydrogens (tertiary/aromatic N) is 2. The van der Waals surface area contributed by atoms with E-state index >= 15 is 0 Å². The van der Waals surface area contributed by atoms with Gasteiger partial charge in [-0.15, -0.1) is 12.4 Å². The molecule has 1 aliphatic heterocycles. The second kappa shape index (κ2) is 8.31. The average Bonchev–Trinajstić information content (AvgIpc) is 2.47. The monoisotopic (exact) mass is 347 g/mol. The standard InChI is InChI=1S/C14H18ClN3O3.ClH/c1-16-8-10-3-2-6-17(9-10)14(19)12-5-4-11(18(20)21)7-13(12)15;/h4-5,7,10,16H,2-3,6,8-9H2,1H3;1H. The van der Waals surface area contributed by atoms with Crippen LogP contribution in [0, 0.1) is 16.0 Å². The number of amides is 1. The molecule has 1 fully saturated rings. The minimum Gasteiger partial charge on any atom is -0.338 e. The van der Waals surface area contributed by atoms with Crippen molar-refractivity contribution in [3.63, 3.8) is 0 Å². The van der Waals surface area contributed by atoms with Crippen molar-refractivity contribution in [2.24, 2.45) is 5.92 Å². The molecule has 1 atom stereocenters. The van der Waals surface area contributed by atoms with Crippen LogP contribution in [0.25, 0.3) is 0 Å². The van der Waals surface area contributed by atoms with E-state index < -0.39 is 4.92 Å². The van der Waals surface area contributed by atoms with E-state index in [0.29, 0.717) is 24.6 Å². The summed E-state index contributed by atoms with van der Waals surface area (Å²) < 4.78 is 0. The molecule has 1 aliphatic rings. The number of carbonyl (C=O) groups excluding carboxylic acids is 1. The molecule has 22 heavy (non-hydrogen) atoms. The lowest BCUT2D eigenvalue weighted by atomic mass is 9.97. The Morgan fingerprint density at radius 1 is 1.55 bits per heavy atom. The summed E-state index contributed by atoms with van der Waals surface area (Å²) in [4.78, 5) is 24.5. The van der Waals surface area contributed by atoms with Gasteiger partial charge in [0.15, 0.2) is 0 Å². The molecule has 1 amide bonds. The maximum Gasteiger partial charge on any atom is 0.270 e. The molecular weight excluding hydrogens is 329 g/mol. The number of non-ortho nitro benzene ring substituents is 1. The van der Waals surface area contributed by atoms with Crippen LogP contribution in [-0.2, 0) is 0 Å². The number of likely N-dealkylation sites (tertiary alicyclic amines) is 1. The molecule has 8 heteroatoms. The summed E-state index contributed by atoms with van der Waals surface area (Å²) in [6.07, 6.45) is 2.06. The number of hydrogen-bond donors (Lipinski definition) is 1. The Kier molecular flexibility index (Phi) is 7.06. The van der Waals surface area contributed by atoms with Gasteiger partial charge >= 0.3 is 0 Å². The number of piperidine rings is 1. The van der Waals surface area contributed by atoms with E-state index in [1.807, 2.05) is 7.05 Å².